The zero-order valence-electron chi connectivity index (χ0n) is 5.90. The molecule has 0 aliphatic heterocycles. The Morgan fingerprint density at radius 1 is 1.45 bits per heavy atom. The summed E-state index contributed by atoms with van der Waals surface area (Å²) in [5.41, 5.74) is 1.75. The zero-order chi connectivity index (χ0) is 7.84. The van der Waals surface area contributed by atoms with E-state index >= 15 is 0 Å². The van der Waals surface area contributed by atoms with Gasteiger partial charge >= 0.3 is 0 Å². The first-order valence-corrected chi connectivity index (χ1v) is 3.17. The van der Waals surface area contributed by atoms with Gasteiger partial charge in [0, 0.05) is 5.56 Å². The molecule has 2 rings (SSSR count). The van der Waals surface area contributed by atoms with E-state index in [1.165, 1.54) is 12.6 Å². The van der Waals surface area contributed by atoms with Gasteiger partial charge in [0.15, 0.2) is 17.6 Å². The molecule has 11 heavy (non-hydrogen) atoms. The molecule has 0 aliphatic rings. The molecule has 0 bridgehead atoms. The fraction of sp³-hybridized carbons (Fsp3) is 0.143. The first kappa shape index (κ1) is 6.15. The zero-order valence-corrected chi connectivity index (χ0v) is 5.90. The number of oxazole rings is 1. The number of rotatable bonds is 0. The lowest BCUT2D eigenvalue weighted by Crippen LogP contribution is -1.80. The van der Waals surface area contributed by atoms with Crippen molar-refractivity contribution in [3.63, 3.8) is 0 Å². The minimum atomic E-state index is 0.134. The lowest BCUT2D eigenvalue weighted by Gasteiger charge is -1.94. The second kappa shape index (κ2) is 1.95. The van der Waals surface area contributed by atoms with Gasteiger partial charge < -0.3 is 9.52 Å². The highest BCUT2D eigenvalue weighted by atomic mass is 16.3. The summed E-state index contributed by atoms with van der Waals surface area (Å²) < 4.78 is 5.00. The summed E-state index contributed by atoms with van der Waals surface area (Å²) >= 11 is 0. The van der Waals surface area contributed by atoms with Crippen molar-refractivity contribution in [1.82, 2.24) is 9.97 Å². The molecule has 0 unspecified atom stereocenters. The number of fused-ring (bicyclic) bond motifs is 1. The molecule has 4 heteroatoms. The van der Waals surface area contributed by atoms with Gasteiger partial charge in [0.2, 0.25) is 0 Å². The molecule has 2 aromatic rings. The van der Waals surface area contributed by atoms with E-state index in [1.807, 2.05) is 0 Å². The van der Waals surface area contributed by atoms with Gasteiger partial charge in [-0.2, -0.15) is 4.98 Å². The monoisotopic (exact) mass is 150 g/mol. The Morgan fingerprint density at radius 3 is 3.09 bits per heavy atom. The van der Waals surface area contributed by atoms with Crippen molar-refractivity contribution in [2.45, 2.75) is 6.92 Å². The number of aromatic hydroxyl groups is 1. The fourth-order valence-electron chi connectivity index (χ4n) is 0.924. The summed E-state index contributed by atoms with van der Waals surface area (Å²) in [6.07, 6.45) is 2.67. The predicted molar refractivity (Wildman–Crippen MR) is 38.2 cm³/mol. The van der Waals surface area contributed by atoms with Gasteiger partial charge in [-0.3, -0.25) is 0 Å². The van der Waals surface area contributed by atoms with Gasteiger partial charge in [0.25, 0.3) is 0 Å². The third-order valence-corrected chi connectivity index (χ3v) is 1.58. The number of hydrogen-bond donors (Lipinski definition) is 1. The maximum atomic E-state index is 9.19. The molecule has 1 N–H and O–H groups in total. The van der Waals surface area contributed by atoms with Crippen LogP contribution < -0.4 is 0 Å². The lowest BCUT2D eigenvalue weighted by atomic mass is 10.2. The molecular weight excluding hydrogens is 144 g/mol. The Morgan fingerprint density at radius 2 is 2.27 bits per heavy atom. The average molecular weight is 150 g/mol. The third-order valence-electron chi connectivity index (χ3n) is 1.58. The second-order valence-corrected chi connectivity index (χ2v) is 2.27. The van der Waals surface area contributed by atoms with Crippen LogP contribution in [0, 0.1) is 6.92 Å². The summed E-state index contributed by atoms with van der Waals surface area (Å²) in [6.45, 7) is 1.75. The summed E-state index contributed by atoms with van der Waals surface area (Å²) in [7, 11) is 0. The van der Waals surface area contributed by atoms with Crippen LogP contribution in [0.25, 0.3) is 11.2 Å². The molecule has 0 saturated carbocycles. The first-order chi connectivity index (χ1) is 5.29. The molecule has 4 nitrogen and oxygen atoms in total. The Balaban J connectivity index is 2.93. The SMILES string of the molecule is Cc1c(O)cnc2ncoc12. The molecule has 0 atom stereocenters. The quantitative estimate of drug-likeness (QED) is 0.613. The number of pyridine rings is 1. The van der Waals surface area contributed by atoms with Crippen molar-refractivity contribution in [3.05, 3.63) is 18.2 Å². The highest BCUT2D eigenvalue weighted by molar-refractivity contribution is 5.73. The van der Waals surface area contributed by atoms with Gasteiger partial charge in [-0.15, -0.1) is 0 Å². The van der Waals surface area contributed by atoms with Crippen LogP contribution in [0.15, 0.2) is 17.0 Å². The molecule has 2 heterocycles. The van der Waals surface area contributed by atoms with Gasteiger partial charge in [-0.05, 0) is 6.92 Å². The van der Waals surface area contributed by atoms with E-state index < -0.39 is 0 Å². The first-order valence-electron chi connectivity index (χ1n) is 3.17. The Hall–Kier alpha value is -1.58. The number of nitrogens with zero attached hydrogens (tertiary/aromatic N) is 2. The van der Waals surface area contributed by atoms with Crippen molar-refractivity contribution < 1.29 is 9.52 Å². The minimum Gasteiger partial charge on any atom is -0.506 e. The summed E-state index contributed by atoms with van der Waals surface area (Å²) in [6, 6.07) is 0. The number of hydrogen-bond acceptors (Lipinski definition) is 4. The van der Waals surface area contributed by atoms with Crippen molar-refractivity contribution >= 4 is 11.2 Å². The molecule has 0 radical (unpaired) electrons. The maximum absolute atomic E-state index is 9.19. The summed E-state index contributed by atoms with van der Waals surface area (Å²) in [5.74, 6) is 0.134. The van der Waals surface area contributed by atoms with Crippen molar-refractivity contribution in [2.24, 2.45) is 0 Å². The van der Waals surface area contributed by atoms with E-state index in [0.717, 1.165) is 0 Å². The van der Waals surface area contributed by atoms with Crippen LogP contribution in [0.5, 0.6) is 5.75 Å². The van der Waals surface area contributed by atoms with E-state index in [1.54, 1.807) is 6.92 Å². The van der Waals surface area contributed by atoms with Gasteiger partial charge in [-0.1, -0.05) is 0 Å². The molecular formula is C7H6N2O2. The number of aromatic nitrogens is 2. The molecule has 0 fully saturated rings. The summed E-state index contributed by atoms with van der Waals surface area (Å²) in [5, 5.41) is 9.19. The van der Waals surface area contributed by atoms with Gasteiger partial charge in [-0.25, -0.2) is 4.98 Å². The number of aryl methyl sites for hydroxylation is 1. The highest BCUT2D eigenvalue weighted by Gasteiger charge is 2.06. The van der Waals surface area contributed by atoms with Crippen molar-refractivity contribution in [1.29, 1.82) is 0 Å². The molecule has 2 aromatic heterocycles. The van der Waals surface area contributed by atoms with E-state index in [4.69, 9.17) is 4.42 Å². The van der Waals surface area contributed by atoms with E-state index in [-0.39, 0.29) is 5.75 Å². The smallest absolute Gasteiger partial charge is 0.199 e. The molecule has 0 saturated heterocycles. The van der Waals surface area contributed by atoms with Crippen LogP contribution in [0.1, 0.15) is 5.56 Å². The third kappa shape index (κ3) is 0.756. The molecule has 56 valence electrons. The lowest BCUT2D eigenvalue weighted by molar-refractivity contribution is 0.467. The Bertz CT molecular complexity index is 394. The van der Waals surface area contributed by atoms with Crippen LogP contribution in [0.3, 0.4) is 0 Å². The van der Waals surface area contributed by atoms with Crippen LogP contribution in [-0.4, -0.2) is 15.1 Å². The molecule has 0 aliphatic carbocycles. The molecule has 0 spiro atoms. The molecule has 0 aromatic carbocycles. The maximum Gasteiger partial charge on any atom is 0.199 e. The summed E-state index contributed by atoms with van der Waals surface area (Å²) in [4.78, 5) is 7.68. The standard InChI is InChI=1S/C7H6N2O2/c1-4-5(10)2-8-7-6(4)11-3-9-7/h2-3,10H,1H3. The minimum absolute atomic E-state index is 0.134. The van der Waals surface area contributed by atoms with Crippen LogP contribution in [0.4, 0.5) is 0 Å². The van der Waals surface area contributed by atoms with Crippen molar-refractivity contribution in [2.75, 3.05) is 0 Å². The highest BCUT2D eigenvalue weighted by Crippen LogP contribution is 2.22. The predicted octanol–water partition coefficient (Wildman–Crippen LogP) is 1.24. The van der Waals surface area contributed by atoms with Crippen molar-refractivity contribution in [3.8, 4) is 5.75 Å². The van der Waals surface area contributed by atoms with E-state index in [9.17, 15) is 5.11 Å². The second-order valence-electron chi connectivity index (χ2n) is 2.27. The van der Waals surface area contributed by atoms with Gasteiger partial charge in [0.05, 0.1) is 6.20 Å². The largest absolute Gasteiger partial charge is 0.506 e. The van der Waals surface area contributed by atoms with Crippen LogP contribution in [-0.2, 0) is 0 Å². The van der Waals surface area contributed by atoms with E-state index in [0.29, 0.717) is 16.8 Å². The Kier molecular flexibility index (Phi) is 1.09. The van der Waals surface area contributed by atoms with Crippen LogP contribution >= 0.6 is 0 Å². The topological polar surface area (TPSA) is 59.2 Å². The molecule has 0 amide bonds. The van der Waals surface area contributed by atoms with Gasteiger partial charge in [0.1, 0.15) is 5.75 Å². The average Bonchev–Trinajstić information content (AvgIpc) is 2.45. The normalized spacial score (nSPS) is 10.6. The fourth-order valence-corrected chi connectivity index (χ4v) is 0.924. The van der Waals surface area contributed by atoms with Crippen LogP contribution in [0.2, 0.25) is 0 Å². The Labute approximate surface area is 62.5 Å². The van der Waals surface area contributed by atoms with E-state index in [2.05, 4.69) is 9.97 Å².